The largest absolute Gasteiger partial charge is 0.363 e. The lowest BCUT2D eigenvalue weighted by Gasteiger charge is -2.25. The Balaban J connectivity index is 1.86. The Kier molecular flexibility index (Phi) is 4.90. The molecule has 0 N–H and O–H groups in total. The summed E-state index contributed by atoms with van der Waals surface area (Å²) >= 11 is 0. The smallest absolute Gasteiger partial charge is 0.0433 e. The van der Waals surface area contributed by atoms with Crippen LogP contribution in [0.3, 0.4) is 0 Å². The van der Waals surface area contributed by atoms with E-state index in [9.17, 15) is 0 Å². The monoisotopic (exact) mass is 299 g/mol. The van der Waals surface area contributed by atoms with Gasteiger partial charge in [0.1, 0.15) is 0 Å². The minimum atomic E-state index is 0.892. The van der Waals surface area contributed by atoms with Crippen LogP contribution in [0, 0.1) is 0 Å². The molecule has 0 saturated heterocycles. The molecular formula is C22H21N. The number of anilines is 1. The van der Waals surface area contributed by atoms with Gasteiger partial charge in [-0.25, -0.2) is 0 Å². The first-order valence-corrected chi connectivity index (χ1v) is 7.90. The van der Waals surface area contributed by atoms with Gasteiger partial charge in [-0.2, -0.15) is 0 Å². The molecule has 114 valence electrons. The minimum absolute atomic E-state index is 0.892. The Bertz CT molecular complexity index is 688. The predicted octanol–water partition coefficient (Wildman–Crippen LogP) is 5.54. The summed E-state index contributed by atoms with van der Waals surface area (Å²) in [6.45, 7) is 5.61. The van der Waals surface area contributed by atoms with Gasteiger partial charge in [0.2, 0.25) is 0 Å². The molecule has 0 radical (unpaired) electrons. The zero-order chi connectivity index (χ0) is 15.9. The van der Waals surface area contributed by atoms with E-state index in [1.807, 2.05) is 6.08 Å². The fourth-order valence-corrected chi connectivity index (χ4v) is 2.67. The summed E-state index contributed by atoms with van der Waals surface area (Å²) in [5, 5.41) is 0. The topological polar surface area (TPSA) is 3.24 Å². The highest BCUT2D eigenvalue weighted by Crippen LogP contribution is 2.21. The molecule has 0 spiro atoms. The quantitative estimate of drug-likeness (QED) is 0.578. The van der Waals surface area contributed by atoms with Crippen molar-refractivity contribution in [2.75, 3.05) is 4.90 Å². The van der Waals surface area contributed by atoms with Crippen molar-refractivity contribution in [1.82, 2.24) is 0 Å². The summed E-state index contributed by atoms with van der Waals surface area (Å²) in [6.07, 6.45) is 1.88. The maximum atomic E-state index is 3.83. The van der Waals surface area contributed by atoms with Crippen LogP contribution in [0.1, 0.15) is 16.7 Å². The molecule has 0 bridgehead atoms. The zero-order valence-electron chi connectivity index (χ0n) is 13.2. The third-order valence-corrected chi connectivity index (χ3v) is 3.93. The van der Waals surface area contributed by atoms with Gasteiger partial charge in [-0.3, -0.25) is 0 Å². The third-order valence-electron chi connectivity index (χ3n) is 3.93. The predicted molar refractivity (Wildman–Crippen MR) is 99.3 cm³/mol. The summed E-state index contributed by atoms with van der Waals surface area (Å²) < 4.78 is 0. The average molecular weight is 299 g/mol. The molecule has 0 aliphatic heterocycles. The Labute approximate surface area is 138 Å². The van der Waals surface area contributed by atoms with Crippen LogP contribution >= 0.6 is 0 Å². The van der Waals surface area contributed by atoms with E-state index >= 15 is 0 Å². The third kappa shape index (κ3) is 4.10. The number of hydrogen-bond donors (Lipinski definition) is 0. The maximum Gasteiger partial charge on any atom is 0.0433 e. The normalized spacial score (nSPS) is 10.3. The van der Waals surface area contributed by atoms with Gasteiger partial charge in [0.05, 0.1) is 0 Å². The van der Waals surface area contributed by atoms with Gasteiger partial charge in [0.25, 0.3) is 0 Å². The van der Waals surface area contributed by atoms with Gasteiger partial charge in [-0.1, -0.05) is 85.5 Å². The number of hydrogen-bond acceptors (Lipinski definition) is 1. The van der Waals surface area contributed by atoms with Gasteiger partial charge in [0, 0.05) is 18.8 Å². The van der Waals surface area contributed by atoms with Crippen LogP contribution in [0.4, 0.5) is 5.69 Å². The van der Waals surface area contributed by atoms with Crippen molar-refractivity contribution < 1.29 is 0 Å². The van der Waals surface area contributed by atoms with E-state index in [2.05, 4.69) is 96.4 Å². The van der Waals surface area contributed by atoms with Crippen LogP contribution in [0.5, 0.6) is 0 Å². The lowest BCUT2D eigenvalue weighted by Crippen LogP contribution is -2.22. The second-order valence-corrected chi connectivity index (χ2v) is 5.62. The highest BCUT2D eigenvalue weighted by Gasteiger charge is 2.08. The summed E-state index contributed by atoms with van der Waals surface area (Å²) in [4.78, 5) is 2.40. The van der Waals surface area contributed by atoms with Crippen LogP contribution < -0.4 is 4.90 Å². The van der Waals surface area contributed by atoms with E-state index in [4.69, 9.17) is 0 Å². The van der Waals surface area contributed by atoms with Crippen LogP contribution in [-0.2, 0) is 13.1 Å². The molecule has 3 aromatic carbocycles. The van der Waals surface area contributed by atoms with Gasteiger partial charge >= 0.3 is 0 Å². The molecule has 0 unspecified atom stereocenters. The lowest BCUT2D eigenvalue weighted by atomic mass is 10.1. The van der Waals surface area contributed by atoms with Gasteiger partial charge in [-0.15, -0.1) is 0 Å². The van der Waals surface area contributed by atoms with E-state index in [0.717, 1.165) is 18.7 Å². The van der Waals surface area contributed by atoms with Crippen molar-refractivity contribution in [2.45, 2.75) is 13.1 Å². The summed E-state index contributed by atoms with van der Waals surface area (Å²) in [7, 11) is 0. The van der Waals surface area contributed by atoms with E-state index in [1.165, 1.54) is 16.8 Å². The first kappa shape index (κ1) is 15.1. The van der Waals surface area contributed by atoms with Crippen LogP contribution in [0.15, 0.2) is 91.5 Å². The fraction of sp³-hybridized carbons (Fsp3) is 0.0909. The van der Waals surface area contributed by atoms with Crippen LogP contribution in [0.2, 0.25) is 0 Å². The van der Waals surface area contributed by atoms with Gasteiger partial charge in [0.15, 0.2) is 0 Å². The second kappa shape index (κ2) is 7.46. The van der Waals surface area contributed by atoms with Crippen molar-refractivity contribution in [3.8, 4) is 0 Å². The minimum Gasteiger partial charge on any atom is -0.363 e. The van der Waals surface area contributed by atoms with Crippen molar-refractivity contribution >= 4 is 11.8 Å². The van der Waals surface area contributed by atoms with Crippen molar-refractivity contribution in [3.63, 3.8) is 0 Å². The molecule has 0 aliphatic carbocycles. The molecular weight excluding hydrogens is 278 g/mol. The van der Waals surface area contributed by atoms with Crippen molar-refractivity contribution in [2.24, 2.45) is 0 Å². The summed E-state index contributed by atoms with van der Waals surface area (Å²) in [6, 6.07) is 29.8. The molecule has 23 heavy (non-hydrogen) atoms. The molecule has 0 aromatic heterocycles. The summed E-state index contributed by atoms with van der Waals surface area (Å²) in [5.41, 5.74) is 5.00. The van der Waals surface area contributed by atoms with Gasteiger partial charge < -0.3 is 4.90 Å². The number of rotatable bonds is 6. The van der Waals surface area contributed by atoms with E-state index in [1.54, 1.807) is 0 Å². The number of nitrogens with zero attached hydrogens (tertiary/aromatic N) is 1. The highest BCUT2D eigenvalue weighted by atomic mass is 15.1. The van der Waals surface area contributed by atoms with Gasteiger partial charge in [-0.05, 0) is 28.8 Å². The molecule has 0 amide bonds. The Morgan fingerprint density at radius 1 is 0.652 bits per heavy atom. The van der Waals surface area contributed by atoms with E-state index in [-0.39, 0.29) is 0 Å². The van der Waals surface area contributed by atoms with Crippen molar-refractivity contribution in [1.29, 1.82) is 0 Å². The Hall–Kier alpha value is -2.80. The fourth-order valence-electron chi connectivity index (χ4n) is 2.67. The molecule has 1 nitrogen and oxygen atoms in total. The van der Waals surface area contributed by atoms with Crippen LogP contribution in [0.25, 0.3) is 6.08 Å². The Morgan fingerprint density at radius 2 is 1.13 bits per heavy atom. The first-order valence-electron chi connectivity index (χ1n) is 7.90. The van der Waals surface area contributed by atoms with Crippen molar-refractivity contribution in [3.05, 3.63) is 108 Å². The summed E-state index contributed by atoms with van der Waals surface area (Å²) in [5.74, 6) is 0. The standard InChI is InChI=1S/C22H21N/c1-2-19-13-15-22(16-14-19)23(17-20-9-5-3-6-10-20)18-21-11-7-4-8-12-21/h2-16H,1,17-18H2. The second-order valence-electron chi connectivity index (χ2n) is 5.62. The average Bonchev–Trinajstić information content (AvgIpc) is 2.63. The Morgan fingerprint density at radius 3 is 1.57 bits per heavy atom. The zero-order valence-corrected chi connectivity index (χ0v) is 13.2. The highest BCUT2D eigenvalue weighted by molar-refractivity contribution is 5.55. The molecule has 0 aliphatic rings. The first-order chi connectivity index (χ1) is 11.3. The molecule has 0 atom stereocenters. The molecule has 1 heteroatoms. The SMILES string of the molecule is C=Cc1ccc(N(Cc2ccccc2)Cc2ccccc2)cc1. The maximum absolute atomic E-state index is 3.83. The number of benzene rings is 3. The lowest BCUT2D eigenvalue weighted by molar-refractivity contribution is 0.800. The van der Waals surface area contributed by atoms with Crippen LogP contribution in [-0.4, -0.2) is 0 Å². The molecule has 0 saturated carbocycles. The van der Waals surface area contributed by atoms with E-state index < -0.39 is 0 Å². The molecule has 3 rings (SSSR count). The van der Waals surface area contributed by atoms with E-state index in [0.29, 0.717) is 0 Å². The molecule has 3 aromatic rings. The molecule has 0 fully saturated rings. The molecule has 0 heterocycles.